The van der Waals surface area contributed by atoms with E-state index in [0.717, 1.165) is 16.7 Å². The Morgan fingerprint density at radius 1 is 1.37 bits per heavy atom. The lowest BCUT2D eigenvalue weighted by atomic mass is 10.0. The Morgan fingerprint density at radius 2 is 2.11 bits per heavy atom. The van der Waals surface area contributed by atoms with Crippen LogP contribution >= 0.6 is 11.8 Å². The predicted molar refractivity (Wildman–Crippen MR) is 90.9 cm³/mol. The number of carboxylic acid groups (broad SMARTS) is 1. The molecule has 1 unspecified atom stereocenters. The molecular formula is C16H14N2O8S. The Hall–Kier alpha value is -3.21. The molecular weight excluding hydrogens is 380 g/mol. The molecule has 3 rings (SSSR count). The van der Waals surface area contributed by atoms with E-state index in [1.807, 2.05) is 0 Å². The lowest BCUT2D eigenvalue weighted by molar-refractivity contribution is -0.151. The van der Waals surface area contributed by atoms with Gasteiger partial charge in [-0.2, -0.15) is 0 Å². The summed E-state index contributed by atoms with van der Waals surface area (Å²) in [5.41, 5.74) is -0.461. The number of fused-ring (bicyclic) bond motifs is 1. The van der Waals surface area contributed by atoms with Crippen molar-refractivity contribution in [3.05, 3.63) is 35.7 Å². The Labute approximate surface area is 156 Å². The molecule has 0 spiro atoms. The Morgan fingerprint density at radius 3 is 2.81 bits per heavy atom. The number of aliphatic hydroxyl groups is 1. The molecule has 2 amide bonds. The summed E-state index contributed by atoms with van der Waals surface area (Å²) in [4.78, 5) is 46.7. The molecule has 27 heavy (non-hydrogen) atoms. The SMILES string of the molecule is O=COc1cccc(OCC(=O)NC2C(=O)N3C(C(=O)O)=C(O)CS[C@@H]23)c1. The number of carbonyl (C=O) groups is 4. The van der Waals surface area contributed by atoms with Gasteiger partial charge in [0.05, 0.1) is 5.75 Å². The molecule has 1 aromatic carbocycles. The number of carboxylic acids is 1. The van der Waals surface area contributed by atoms with Crippen molar-refractivity contribution in [3.63, 3.8) is 0 Å². The number of hydrogen-bond donors (Lipinski definition) is 3. The van der Waals surface area contributed by atoms with Gasteiger partial charge >= 0.3 is 5.97 Å². The molecule has 1 saturated heterocycles. The molecule has 142 valence electrons. The van der Waals surface area contributed by atoms with Crippen LogP contribution in [0.2, 0.25) is 0 Å². The van der Waals surface area contributed by atoms with Gasteiger partial charge in [-0.1, -0.05) is 6.07 Å². The number of carbonyl (C=O) groups excluding carboxylic acids is 3. The average Bonchev–Trinajstić information content (AvgIpc) is 2.64. The van der Waals surface area contributed by atoms with E-state index in [1.165, 1.54) is 12.1 Å². The van der Waals surface area contributed by atoms with Gasteiger partial charge in [-0.15, -0.1) is 11.8 Å². The van der Waals surface area contributed by atoms with Crippen LogP contribution in [0.1, 0.15) is 0 Å². The first-order valence-electron chi connectivity index (χ1n) is 7.65. The fourth-order valence-electron chi connectivity index (χ4n) is 2.66. The van der Waals surface area contributed by atoms with Crippen molar-refractivity contribution in [2.75, 3.05) is 12.4 Å². The second kappa shape index (κ2) is 7.58. The van der Waals surface area contributed by atoms with Crippen molar-refractivity contribution in [1.29, 1.82) is 0 Å². The summed E-state index contributed by atoms with van der Waals surface area (Å²) in [6.45, 7) is -0.127. The number of nitrogens with zero attached hydrogens (tertiary/aromatic N) is 1. The minimum absolute atomic E-state index is 0.0302. The van der Waals surface area contributed by atoms with E-state index in [4.69, 9.17) is 9.84 Å². The molecule has 2 aliphatic heterocycles. The summed E-state index contributed by atoms with van der Waals surface area (Å²) in [5, 5.41) is 20.7. The van der Waals surface area contributed by atoms with Crippen LogP contribution in [-0.2, 0) is 19.2 Å². The normalized spacial score (nSPS) is 21.0. The summed E-state index contributed by atoms with van der Waals surface area (Å²) in [5.74, 6) is -2.42. The van der Waals surface area contributed by atoms with Crippen LogP contribution in [-0.4, -0.2) is 63.1 Å². The van der Waals surface area contributed by atoms with Crippen LogP contribution in [0.4, 0.5) is 0 Å². The van der Waals surface area contributed by atoms with Crippen molar-refractivity contribution in [2.24, 2.45) is 0 Å². The zero-order valence-corrected chi connectivity index (χ0v) is 14.5. The molecule has 2 atom stereocenters. The molecule has 10 nitrogen and oxygen atoms in total. The zero-order chi connectivity index (χ0) is 19.6. The molecule has 0 bridgehead atoms. The first-order chi connectivity index (χ1) is 12.9. The van der Waals surface area contributed by atoms with Crippen LogP contribution in [0.3, 0.4) is 0 Å². The summed E-state index contributed by atoms with van der Waals surface area (Å²) in [6, 6.07) is 5.18. The second-order valence-electron chi connectivity index (χ2n) is 5.53. The molecule has 2 aliphatic rings. The lowest BCUT2D eigenvalue weighted by Crippen LogP contribution is -2.70. The molecule has 11 heteroatoms. The van der Waals surface area contributed by atoms with E-state index in [9.17, 15) is 24.3 Å². The van der Waals surface area contributed by atoms with Crippen molar-refractivity contribution >= 4 is 36.0 Å². The summed E-state index contributed by atoms with van der Waals surface area (Å²) in [6.07, 6.45) is 0. The van der Waals surface area contributed by atoms with E-state index >= 15 is 0 Å². The standard InChI is InChI=1S/C16H14N2O8S/c19-7-26-9-3-1-2-8(4-9)25-5-11(21)17-12-14(22)18-13(16(23)24)10(20)6-27-15(12)18/h1-4,7,12,15,20H,5-6H2,(H,17,21)(H,23,24)/t12?,15-/m0/s1. The Balaban J connectivity index is 1.57. The molecule has 3 N–H and O–H groups in total. The summed E-state index contributed by atoms with van der Waals surface area (Å²) >= 11 is 1.15. The molecule has 2 heterocycles. The number of β-lactam (4-membered cyclic amide) rings is 1. The van der Waals surface area contributed by atoms with E-state index in [2.05, 4.69) is 10.1 Å². The average molecular weight is 394 g/mol. The summed E-state index contributed by atoms with van der Waals surface area (Å²) < 4.78 is 9.96. The molecule has 1 fully saturated rings. The monoisotopic (exact) mass is 394 g/mol. The number of hydrogen-bond acceptors (Lipinski definition) is 8. The number of amides is 2. The van der Waals surface area contributed by atoms with Gasteiger partial charge in [0.1, 0.15) is 28.7 Å². The van der Waals surface area contributed by atoms with Crippen molar-refractivity contribution in [2.45, 2.75) is 11.4 Å². The Bertz CT molecular complexity index is 839. The van der Waals surface area contributed by atoms with Crippen LogP contribution < -0.4 is 14.8 Å². The van der Waals surface area contributed by atoms with E-state index < -0.39 is 41.5 Å². The van der Waals surface area contributed by atoms with Gasteiger partial charge in [0.25, 0.3) is 18.3 Å². The van der Waals surface area contributed by atoms with Crippen LogP contribution in [0.5, 0.6) is 11.5 Å². The number of rotatable bonds is 7. The highest BCUT2D eigenvalue weighted by Gasteiger charge is 2.54. The van der Waals surface area contributed by atoms with Crippen LogP contribution in [0.15, 0.2) is 35.7 Å². The third-order valence-corrected chi connectivity index (χ3v) is 5.09. The number of aliphatic carboxylic acids is 1. The third kappa shape index (κ3) is 3.67. The van der Waals surface area contributed by atoms with Crippen LogP contribution in [0.25, 0.3) is 0 Å². The third-order valence-electron chi connectivity index (χ3n) is 3.83. The van der Waals surface area contributed by atoms with Gasteiger partial charge in [-0.05, 0) is 12.1 Å². The Kier molecular flexibility index (Phi) is 5.21. The maximum Gasteiger partial charge on any atom is 0.356 e. The van der Waals surface area contributed by atoms with Gasteiger partial charge in [0.2, 0.25) is 0 Å². The maximum atomic E-state index is 12.2. The fourth-order valence-corrected chi connectivity index (χ4v) is 3.86. The fraction of sp³-hybridized carbons (Fsp3) is 0.250. The van der Waals surface area contributed by atoms with Gasteiger partial charge in [-0.25, -0.2) is 4.79 Å². The maximum absolute atomic E-state index is 12.2. The highest BCUT2D eigenvalue weighted by atomic mass is 32.2. The molecule has 0 aromatic heterocycles. The highest BCUT2D eigenvalue weighted by molar-refractivity contribution is 8.00. The van der Waals surface area contributed by atoms with Crippen LogP contribution in [0, 0.1) is 0 Å². The van der Waals surface area contributed by atoms with E-state index in [1.54, 1.807) is 12.1 Å². The first kappa shape index (κ1) is 18.6. The molecule has 1 aromatic rings. The topological polar surface area (TPSA) is 142 Å². The number of benzene rings is 1. The van der Waals surface area contributed by atoms with Crippen molar-refractivity contribution < 1.29 is 38.9 Å². The molecule has 0 aliphatic carbocycles. The van der Waals surface area contributed by atoms with Crippen molar-refractivity contribution in [3.8, 4) is 11.5 Å². The molecule has 0 saturated carbocycles. The van der Waals surface area contributed by atoms with E-state index in [-0.39, 0.29) is 23.7 Å². The zero-order valence-electron chi connectivity index (χ0n) is 13.7. The lowest BCUT2D eigenvalue weighted by Gasteiger charge is -2.48. The van der Waals surface area contributed by atoms with E-state index in [0.29, 0.717) is 5.75 Å². The predicted octanol–water partition coefficient (Wildman–Crippen LogP) is -0.145. The quantitative estimate of drug-likeness (QED) is 0.425. The van der Waals surface area contributed by atoms with Gasteiger partial charge in [0.15, 0.2) is 12.3 Å². The minimum Gasteiger partial charge on any atom is -0.509 e. The number of thioether (sulfide) groups is 1. The number of ether oxygens (including phenoxy) is 2. The second-order valence-corrected chi connectivity index (χ2v) is 6.64. The first-order valence-corrected chi connectivity index (χ1v) is 8.70. The van der Waals surface area contributed by atoms with Gasteiger partial charge in [0, 0.05) is 6.07 Å². The van der Waals surface area contributed by atoms with Gasteiger partial charge in [-0.3, -0.25) is 19.3 Å². The minimum atomic E-state index is -1.41. The largest absolute Gasteiger partial charge is 0.509 e. The van der Waals surface area contributed by atoms with Crippen molar-refractivity contribution in [1.82, 2.24) is 10.2 Å². The molecule has 0 radical (unpaired) electrons. The van der Waals surface area contributed by atoms with Gasteiger partial charge < -0.3 is 25.0 Å². The summed E-state index contributed by atoms with van der Waals surface area (Å²) in [7, 11) is 0. The highest BCUT2D eigenvalue weighted by Crippen LogP contribution is 2.39. The smallest absolute Gasteiger partial charge is 0.356 e. The number of nitrogens with one attached hydrogen (secondary N) is 1. The number of aliphatic hydroxyl groups excluding tert-OH is 1.